The highest BCUT2D eigenvalue weighted by molar-refractivity contribution is 9.10. The minimum absolute atomic E-state index is 0.156. The first kappa shape index (κ1) is 18.4. The van der Waals surface area contributed by atoms with Crippen LogP contribution in [0.15, 0.2) is 63.5 Å². The molecule has 0 fully saturated rings. The van der Waals surface area contributed by atoms with E-state index in [1.807, 2.05) is 57.2 Å². The van der Waals surface area contributed by atoms with E-state index >= 15 is 0 Å². The Kier molecular flexibility index (Phi) is 4.77. The number of nitrogens with zero attached hydrogens (tertiary/aromatic N) is 1. The standard InChI is InChI=1S/C23H19BrN2O2/c1-13-10-15(3)21-20(11-13)26-23(28-21)17-5-4-14(2)19(12-17)25-22(27)16-6-8-18(24)9-7-16/h4-12H,1-3H3,(H,25,27). The first-order valence-corrected chi connectivity index (χ1v) is 9.76. The molecule has 0 saturated heterocycles. The second-order valence-corrected chi connectivity index (χ2v) is 7.86. The summed E-state index contributed by atoms with van der Waals surface area (Å²) in [5.74, 6) is 0.389. The van der Waals surface area contributed by atoms with E-state index in [2.05, 4.69) is 32.3 Å². The number of amides is 1. The lowest BCUT2D eigenvalue weighted by Gasteiger charge is -2.10. The summed E-state index contributed by atoms with van der Waals surface area (Å²) in [6, 6.07) is 17.2. The van der Waals surface area contributed by atoms with Crippen LogP contribution in [0.3, 0.4) is 0 Å². The summed E-state index contributed by atoms with van der Waals surface area (Å²) in [6.07, 6.45) is 0. The monoisotopic (exact) mass is 434 g/mol. The van der Waals surface area contributed by atoms with Crippen molar-refractivity contribution in [3.8, 4) is 11.5 Å². The molecule has 0 atom stereocenters. The van der Waals surface area contributed by atoms with Gasteiger partial charge in [-0.3, -0.25) is 4.79 Å². The van der Waals surface area contributed by atoms with Crippen molar-refractivity contribution >= 4 is 38.6 Å². The Morgan fingerprint density at radius 1 is 0.964 bits per heavy atom. The van der Waals surface area contributed by atoms with E-state index in [0.717, 1.165) is 43.5 Å². The van der Waals surface area contributed by atoms with Crippen molar-refractivity contribution in [3.05, 3.63) is 81.3 Å². The van der Waals surface area contributed by atoms with Gasteiger partial charge >= 0.3 is 0 Å². The number of rotatable bonds is 3. The smallest absolute Gasteiger partial charge is 0.255 e. The molecule has 1 N–H and O–H groups in total. The maximum Gasteiger partial charge on any atom is 0.255 e. The van der Waals surface area contributed by atoms with E-state index in [0.29, 0.717) is 11.5 Å². The Labute approximate surface area is 171 Å². The summed E-state index contributed by atoms with van der Waals surface area (Å²) >= 11 is 3.38. The van der Waals surface area contributed by atoms with Crippen molar-refractivity contribution in [2.45, 2.75) is 20.8 Å². The predicted octanol–water partition coefficient (Wildman–Crippen LogP) is 6.43. The lowest BCUT2D eigenvalue weighted by atomic mass is 10.1. The predicted molar refractivity (Wildman–Crippen MR) is 116 cm³/mol. The fourth-order valence-corrected chi connectivity index (χ4v) is 3.45. The van der Waals surface area contributed by atoms with Crippen LogP contribution >= 0.6 is 15.9 Å². The maximum atomic E-state index is 12.6. The Hall–Kier alpha value is -2.92. The number of aryl methyl sites for hydroxylation is 3. The average Bonchev–Trinajstić information content (AvgIpc) is 3.08. The third-order valence-corrected chi connectivity index (χ3v) is 5.19. The Balaban J connectivity index is 1.68. The van der Waals surface area contributed by atoms with Crippen LogP contribution in [0, 0.1) is 20.8 Å². The summed E-state index contributed by atoms with van der Waals surface area (Å²) in [6.45, 7) is 6.02. The minimum atomic E-state index is -0.156. The molecule has 4 nitrogen and oxygen atoms in total. The number of aromatic nitrogens is 1. The molecule has 4 rings (SSSR count). The fourth-order valence-electron chi connectivity index (χ4n) is 3.19. The molecule has 0 spiro atoms. The number of hydrogen-bond donors (Lipinski definition) is 1. The lowest BCUT2D eigenvalue weighted by Crippen LogP contribution is -2.12. The van der Waals surface area contributed by atoms with Crippen molar-refractivity contribution in [2.24, 2.45) is 0 Å². The molecule has 3 aromatic carbocycles. The highest BCUT2D eigenvalue weighted by atomic mass is 79.9. The van der Waals surface area contributed by atoms with Gasteiger partial charge in [0.05, 0.1) is 0 Å². The van der Waals surface area contributed by atoms with Gasteiger partial charge in [0, 0.05) is 21.3 Å². The molecule has 0 saturated carbocycles. The summed E-state index contributed by atoms with van der Waals surface area (Å²) < 4.78 is 6.94. The molecule has 0 aliphatic rings. The van der Waals surface area contributed by atoms with Gasteiger partial charge in [0.15, 0.2) is 5.58 Å². The van der Waals surface area contributed by atoms with E-state index in [4.69, 9.17) is 4.42 Å². The van der Waals surface area contributed by atoms with Crippen LogP contribution in [0.4, 0.5) is 5.69 Å². The van der Waals surface area contributed by atoms with Crippen molar-refractivity contribution in [1.29, 1.82) is 0 Å². The number of fused-ring (bicyclic) bond motifs is 1. The number of oxazole rings is 1. The summed E-state index contributed by atoms with van der Waals surface area (Å²) in [5.41, 5.74) is 6.97. The number of nitrogens with one attached hydrogen (secondary N) is 1. The van der Waals surface area contributed by atoms with E-state index in [1.165, 1.54) is 0 Å². The molecule has 0 aliphatic carbocycles. The van der Waals surface area contributed by atoms with Crippen molar-refractivity contribution in [3.63, 3.8) is 0 Å². The highest BCUT2D eigenvalue weighted by Crippen LogP contribution is 2.30. The van der Waals surface area contributed by atoms with Gasteiger partial charge in [0.2, 0.25) is 5.89 Å². The average molecular weight is 435 g/mol. The third kappa shape index (κ3) is 3.58. The molecular weight excluding hydrogens is 416 g/mol. The van der Waals surface area contributed by atoms with Crippen molar-refractivity contribution < 1.29 is 9.21 Å². The van der Waals surface area contributed by atoms with Gasteiger partial charge in [0.25, 0.3) is 5.91 Å². The number of carbonyl (C=O) groups is 1. The molecule has 1 amide bonds. The molecule has 140 valence electrons. The van der Waals surface area contributed by atoms with Gasteiger partial charge in [-0.2, -0.15) is 0 Å². The Morgan fingerprint density at radius 2 is 1.71 bits per heavy atom. The molecule has 1 aromatic heterocycles. The zero-order chi connectivity index (χ0) is 19.8. The van der Waals surface area contributed by atoms with Crippen LogP contribution in [-0.4, -0.2) is 10.9 Å². The zero-order valence-electron chi connectivity index (χ0n) is 15.8. The van der Waals surface area contributed by atoms with Crippen LogP contribution < -0.4 is 5.32 Å². The van der Waals surface area contributed by atoms with Gasteiger partial charge < -0.3 is 9.73 Å². The fraction of sp³-hybridized carbons (Fsp3) is 0.130. The van der Waals surface area contributed by atoms with E-state index in [9.17, 15) is 4.79 Å². The quantitative estimate of drug-likeness (QED) is 0.403. The molecular formula is C23H19BrN2O2. The molecule has 4 aromatic rings. The number of hydrogen-bond acceptors (Lipinski definition) is 3. The van der Waals surface area contributed by atoms with Crippen molar-refractivity contribution in [2.75, 3.05) is 5.32 Å². The first-order chi connectivity index (χ1) is 13.4. The van der Waals surface area contributed by atoms with E-state index in [-0.39, 0.29) is 5.91 Å². The summed E-state index contributed by atoms with van der Waals surface area (Å²) in [7, 11) is 0. The minimum Gasteiger partial charge on any atom is -0.436 e. The highest BCUT2D eigenvalue weighted by Gasteiger charge is 2.14. The van der Waals surface area contributed by atoms with Crippen LogP contribution in [0.2, 0.25) is 0 Å². The molecule has 0 unspecified atom stereocenters. The number of anilines is 1. The molecule has 28 heavy (non-hydrogen) atoms. The number of carbonyl (C=O) groups excluding carboxylic acids is 1. The molecule has 0 bridgehead atoms. The van der Waals surface area contributed by atoms with Gasteiger partial charge in [-0.15, -0.1) is 0 Å². The van der Waals surface area contributed by atoms with Gasteiger partial charge in [0.1, 0.15) is 5.52 Å². The van der Waals surface area contributed by atoms with Gasteiger partial charge in [-0.1, -0.05) is 28.1 Å². The maximum absolute atomic E-state index is 12.6. The number of benzene rings is 3. The SMILES string of the molecule is Cc1cc(C)c2oc(-c3ccc(C)c(NC(=O)c4ccc(Br)cc4)c3)nc2c1. The normalized spacial score (nSPS) is 11.0. The van der Waals surface area contributed by atoms with Crippen molar-refractivity contribution in [1.82, 2.24) is 4.98 Å². The summed E-state index contributed by atoms with van der Waals surface area (Å²) in [5, 5.41) is 2.99. The largest absolute Gasteiger partial charge is 0.436 e. The molecule has 0 aliphatic heterocycles. The Bertz CT molecular complexity index is 1190. The molecule has 0 radical (unpaired) electrons. The molecule has 5 heteroatoms. The van der Waals surface area contributed by atoms with Gasteiger partial charge in [-0.05, 0) is 79.9 Å². The lowest BCUT2D eigenvalue weighted by molar-refractivity contribution is 0.102. The first-order valence-electron chi connectivity index (χ1n) is 8.96. The van der Waals surface area contributed by atoms with Gasteiger partial charge in [-0.25, -0.2) is 4.98 Å². The third-order valence-electron chi connectivity index (χ3n) is 4.66. The second-order valence-electron chi connectivity index (χ2n) is 6.94. The zero-order valence-corrected chi connectivity index (χ0v) is 17.4. The van der Waals surface area contributed by atoms with Crippen LogP contribution in [0.1, 0.15) is 27.0 Å². The van der Waals surface area contributed by atoms with Crippen LogP contribution in [-0.2, 0) is 0 Å². The van der Waals surface area contributed by atoms with Crippen LogP contribution in [0.25, 0.3) is 22.6 Å². The second kappa shape index (κ2) is 7.24. The van der Waals surface area contributed by atoms with Crippen LogP contribution in [0.5, 0.6) is 0 Å². The van der Waals surface area contributed by atoms with E-state index < -0.39 is 0 Å². The Morgan fingerprint density at radius 3 is 2.46 bits per heavy atom. The topological polar surface area (TPSA) is 55.1 Å². The molecule has 1 heterocycles. The summed E-state index contributed by atoms with van der Waals surface area (Å²) in [4.78, 5) is 17.2. The number of halogens is 1. The van der Waals surface area contributed by atoms with E-state index in [1.54, 1.807) is 12.1 Å².